The lowest BCUT2D eigenvalue weighted by molar-refractivity contribution is 0.249. The van der Waals surface area contributed by atoms with Gasteiger partial charge in [0.15, 0.2) is 0 Å². The molecular weight excluding hydrogens is 244 g/mol. The third kappa shape index (κ3) is 2.98. The quantitative estimate of drug-likeness (QED) is 0.644. The summed E-state index contributed by atoms with van der Waals surface area (Å²) in [6.45, 7) is 0. The van der Waals surface area contributed by atoms with Crippen LogP contribution in [0.2, 0.25) is 0 Å². The van der Waals surface area contributed by atoms with E-state index in [0.717, 1.165) is 0 Å². The highest BCUT2D eigenvalue weighted by atomic mass is 16.3. The van der Waals surface area contributed by atoms with Crippen LogP contribution in [0.1, 0.15) is 11.3 Å². The van der Waals surface area contributed by atoms with E-state index in [1.807, 2.05) is 6.07 Å². The van der Waals surface area contributed by atoms with Gasteiger partial charge in [-0.15, -0.1) is 0 Å². The fourth-order valence-corrected chi connectivity index (χ4v) is 1.52. The number of nitriles is 1. The van der Waals surface area contributed by atoms with Crippen molar-refractivity contribution in [2.75, 3.05) is 0 Å². The van der Waals surface area contributed by atoms with Crippen molar-refractivity contribution in [3.05, 3.63) is 47.7 Å². The molecule has 1 aromatic carbocycles. The molecule has 0 bridgehead atoms. The van der Waals surface area contributed by atoms with Crippen molar-refractivity contribution in [2.45, 2.75) is 0 Å². The van der Waals surface area contributed by atoms with Gasteiger partial charge in [0, 0.05) is 5.56 Å². The fourth-order valence-electron chi connectivity index (χ4n) is 1.52. The Morgan fingerprint density at radius 3 is 2.89 bits per heavy atom. The van der Waals surface area contributed by atoms with E-state index in [0.29, 0.717) is 22.6 Å². The molecule has 0 aliphatic rings. The van der Waals surface area contributed by atoms with Gasteiger partial charge in [-0.2, -0.15) is 10.4 Å². The molecule has 0 saturated carbocycles. The van der Waals surface area contributed by atoms with Crippen LogP contribution < -0.4 is 11.2 Å². The molecule has 6 heteroatoms. The number of rotatable bonds is 3. The number of nitrogens with one attached hydrogen (secondary N) is 1. The number of nitrogens with two attached hydrogens (primary N) is 1. The standard InChI is InChI=1S/C13H10N4O2/c14-7-9-3-1-2-4-11(9)12-6-5-10(19-12)8-16-17-13(15)18/h1-6,8H,(H3,15,17,18)/b16-8+. The Bertz CT molecular complexity index is 667. The number of urea groups is 1. The van der Waals surface area contributed by atoms with Gasteiger partial charge in [0.25, 0.3) is 0 Å². The van der Waals surface area contributed by atoms with Gasteiger partial charge in [-0.05, 0) is 24.3 Å². The summed E-state index contributed by atoms with van der Waals surface area (Å²) in [6, 6.07) is 11.8. The first-order chi connectivity index (χ1) is 9.20. The summed E-state index contributed by atoms with van der Waals surface area (Å²) in [5, 5.41) is 12.6. The molecular formula is C13H10N4O2. The van der Waals surface area contributed by atoms with Gasteiger partial charge in [0.05, 0.1) is 17.8 Å². The number of benzene rings is 1. The van der Waals surface area contributed by atoms with Gasteiger partial charge >= 0.3 is 6.03 Å². The SMILES string of the molecule is N#Cc1ccccc1-c1ccc(/C=N/NC(N)=O)o1. The topological polar surface area (TPSA) is 104 Å². The van der Waals surface area contributed by atoms with Crippen molar-refractivity contribution in [1.29, 1.82) is 5.26 Å². The molecule has 0 spiro atoms. The predicted octanol–water partition coefficient (Wildman–Crippen LogP) is 1.82. The Morgan fingerprint density at radius 2 is 2.16 bits per heavy atom. The van der Waals surface area contributed by atoms with E-state index in [1.54, 1.807) is 30.3 Å². The highest BCUT2D eigenvalue weighted by Crippen LogP contribution is 2.24. The van der Waals surface area contributed by atoms with Crippen LogP contribution in [0.4, 0.5) is 4.79 Å². The van der Waals surface area contributed by atoms with Crippen molar-refractivity contribution >= 4 is 12.2 Å². The predicted molar refractivity (Wildman–Crippen MR) is 69.2 cm³/mol. The smallest absolute Gasteiger partial charge is 0.332 e. The summed E-state index contributed by atoms with van der Waals surface area (Å²) < 4.78 is 5.50. The summed E-state index contributed by atoms with van der Waals surface area (Å²) in [7, 11) is 0. The minimum absolute atomic E-state index is 0.441. The molecule has 0 aliphatic heterocycles. The van der Waals surface area contributed by atoms with Gasteiger partial charge in [-0.25, -0.2) is 10.2 Å². The van der Waals surface area contributed by atoms with E-state index in [-0.39, 0.29) is 0 Å². The number of primary amides is 1. The number of hydrogen-bond donors (Lipinski definition) is 2. The van der Waals surface area contributed by atoms with Crippen LogP contribution in [0.25, 0.3) is 11.3 Å². The highest BCUT2D eigenvalue weighted by Gasteiger charge is 2.07. The number of carbonyl (C=O) groups is 1. The molecule has 2 amide bonds. The lowest BCUT2D eigenvalue weighted by Gasteiger charge is -1.98. The zero-order chi connectivity index (χ0) is 13.7. The molecule has 0 unspecified atom stereocenters. The molecule has 1 aromatic heterocycles. The van der Waals surface area contributed by atoms with Gasteiger partial charge in [-0.3, -0.25) is 0 Å². The van der Waals surface area contributed by atoms with E-state index in [2.05, 4.69) is 16.6 Å². The Hall–Kier alpha value is -3.07. The van der Waals surface area contributed by atoms with E-state index < -0.39 is 6.03 Å². The number of furan rings is 1. The van der Waals surface area contributed by atoms with Gasteiger partial charge in [0.1, 0.15) is 11.5 Å². The maximum Gasteiger partial charge on any atom is 0.332 e. The number of nitrogens with zero attached hydrogens (tertiary/aromatic N) is 2. The van der Waals surface area contributed by atoms with E-state index in [4.69, 9.17) is 15.4 Å². The molecule has 0 fully saturated rings. The number of carbonyl (C=O) groups excluding carboxylic acids is 1. The first kappa shape index (κ1) is 12.4. The maximum atomic E-state index is 10.4. The molecule has 0 saturated heterocycles. The monoisotopic (exact) mass is 254 g/mol. The Labute approximate surface area is 109 Å². The lowest BCUT2D eigenvalue weighted by atomic mass is 10.1. The normalized spacial score (nSPS) is 10.3. The molecule has 0 atom stereocenters. The van der Waals surface area contributed by atoms with Crippen LogP contribution in [-0.4, -0.2) is 12.2 Å². The molecule has 2 aromatic rings. The van der Waals surface area contributed by atoms with Crippen LogP contribution in [-0.2, 0) is 0 Å². The second-order valence-corrected chi connectivity index (χ2v) is 3.59. The number of hydrogen-bond acceptors (Lipinski definition) is 4. The summed E-state index contributed by atoms with van der Waals surface area (Å²) in [6.07, 6.45) is 1.32. The minimum atomic E-state index is -0.752. The van der Waals surface area contributed by atoms with Crippen molar-refractivity contribution in [3.63, 3.8) is 0 Å². The maximum absolute atomic E-state index is 10.4. The first-order valence-electron chi connectivity index (χ1n) is 5.38. The van der Waals surface area contributed by atoms with Gasteiger partial charge < -0.3 is 10.2 Å². The zero-order valence-electron chi connectivity index (χ0n) is 9.83. The van der Waals surface area contributed by atoms with Crippen LogP contribution in [0.3, 0.4) is 0 Å². The van der Waals surface area contributed by atoms with Crippen LogP contribution in [0.15, 0.2) is 45.9 Å². The van der Waals surface area contributed by atoms with Crippen molar-refractivity contribution in [1.82, 2.24) is 5.43 Å². The van der Waals surface area contributed by atoms with Crippen LogP contribution in [0, 0.1) is 11.3 Å². The molecule has 1 heterocycles. The second kappa shape index (κ2) is 5.51. The summed E-state index contributed by atoms with van der Waals surface area (Å²) >= 11 is 0. The van der Waals surface area contributed by atoms with Gasteiger partial charge in [0.2, 0.25) is 0 Å². The van der Waals surface area contributed by atoms with Crippen LogP contribution in [0.5, 0.6) is 0 Å². The largest absolute Gasteiger partial charge is 0.455 e. The Kier molecular flexibility index (Phi) is 3.59. The van der Waals surface area contributed by atoms with Crippen molar-refractivity contribution in [2.24, 2.45) is 10.8 Å². The summed E-state index contributed by atoms with van der Waals surface area (Å²) in [4.78, 5) is 10.4. The average molecular weight is 254 g/mol. The van der Waals surface area contributed by atoms with Gasteiger partial charge in [-0.1, -0.05) is 12.1 Å². The zero-order valence-corrected chi connectivity index (χ0v) is 9.83. The molecule has 3 N–H and O–H groups in total. The lowest BCUT2D eigenvalue weighted by Crippen LogP contribution is -2.24. The Morgan fingerprint density at radius 1 is 1.37 bits per heavy atom. The fraction of sp³-hybridized carbons (Fsp3) is 0. The first-order valence-corrected chi connectivity index (χ1v) is 5.38. The van der Waals surface area contributed by atoms with E-state index in [9.17, 15) is 4.79 Å². The van der Waals surface area contributed by atoms with Crippen molar-refractivity contribution in [3.8, 4) is 17.4 Å². The van der Waals surface area contributed by atoms with E-state index in [1.165, 1.54) is 6.21 Å². The van der Waals surface area contributed by atoms with Crippen molar-refractivity contribution < 1.29 is 9.21 Å². The van der Waals surface area contributed by atoms with Crippen LogP contribution >= 0.6 is 0 Å². The van der Waals surface area contributed by atoms with E-state index >= 15 is 0 Å². The molecule has 0 aliphatic carbocycles. The highest BCUT2D eigenvalue weighted by molar-refractivity contribution is 5.80. The summed E-state index contributed by atoms with van der Waals surface area (Å²) in [5.41, 5.74) is 8.15. The average Bonchev–Trinajstić information content (AvgIpc) is 2.87. The molecule has 2 rings (SSSR count). The summed E-state index contributed by atoms with van der Waals surface area (Å²) in [5.74, 6) is 0.995. The second-order valence-electron chi connectivity index (χ2n) is 3.59. The Balaban J connectivity index is 2.24. The molecule has 94 valence electrons. The third-order valence-corrected chi connectivity index (χ3v) is 2.31. The molecule has 6 nitrogen and oxygen atoms in total. The third-order valence-electron chi connectivity index (χ3n) is 2.31. The molecule has 19 heavy (non-hydrogen) atoms. The number of hydrazone groups is 1. The molecule has 0 radical (unpaired) electrons. The number of amides is 2. The minimum Gasteiger partial charge on any atom is -0.455 e.